The van der Waals surface area contributed by atoms with E-state index >= 15 is 0 Å². The Kier molecular flexibility index (Phi) is 3.19. The number of esters is 1. The van der Waals surface area contributed by atoms with Crippen LogP contribution in [0.15, 0.2) is 12.2 Å². The van der Waals surface area contributed by atoms with Gasteiger partial charge in [0.25, 0.3) is 0 Å². The van der Waals surface area contributed by atoms with Gasteiger partial charge in [0.05, 0.1) is 24.7 Å². The molecular weight excluding hydrogens is 216 g/mol. The summed E-state index contributed by atoms with van der Waals surface area (Å²) in [6.07, 6.45) is 11.4. The third-order valence-electron chi connectivity index (χ3n) is 4.18. The van der Waals surface area contributed by atoms with Gasteiger partial charge in [0.1, 0.15) is 0 Å². The van der Waals surface area contributed by atoms with E-state index in [2.05, 4.69) is 12.2 Å². The number of rotatable bonds is 3. The van der Waals surface area contributed by atoms with Crippen molar-refractivity contribution in [2.75, 3.05) is 6.61 Å². The monoisotopic (exact) mass is 236 g/mol. The number of carbonyl (C=O) groups is 1. The van der Waals surface area contributed by atoms with Gasteiger partial charge in [-0.05, 0) is 44.4 Å². The molecule has 1 saturated heterocycles. The summed E-state index contributed by atoms with van der Waals surface area (Å²) < 4.78 is 10.9. The maximum Gasteiger partial charge on any atom is 0.309 e. The highest BCUT2D eigenvalue weighted by Crippen LogP contribution is 2.39. The molecule has 0 aromatic rings. The highest BCUT2D eigenvalue weighted by Gasteiger charge is 2.46. The molecule has 3 heteroatoms. The molecular formula is C14H20O3. The second-order valence-corrected chi connectivity index (χ2v) is 5.50. The molecule has 0 spiro atoms. The fraction of sp³-hybridized carbons (Fsp3) is 0.786. The van der Waals surface area contributed by atoms with Crippen molar-refractivity contribution in [3.8, 4) is 0 Å². The van der Waals surface area contributed by atoms with Gasteiger partial charge in [-0.25, -0.2) is 0 Å². The molecule has 3 rings (SSSR count). The van der Waals surface area contributed by atoms with Crippen molar-refractivity contribution in [3.05, 3.63) is 12.2 Å². The number of hydrogen-bond donors (Lipinski definition) is 0. The fourth-order valence-electron chi connectivity index (χ4n) is 2.94. The lowest BCUT2D eigenvalue weighted by Gasteiger charge is -2.21. The maximum atomic E-state index is 11.9. The van der Waals surface area contributed by atoms with Crippen LogP contribution >= 0.6 is 0 Å². The summed E-state index contributed by atoms with van der Waals surface area (Å²) in [4.78, 5) is 11.9. The molecule has 4 atom stereocenters. The Morgan fingerprint density at radius 2 is 2.18 bits per heavy atom. The van der Waals surface area contributed by atoms with Crippen LogP contribution in [0.2, 0.25) is 0 Å². The predicted octanol–water partition coefficient (Wildman–Crippen LogP) is 2.45. The fourth-order valence-corrected chi connectivity index (χ4v) is 2.94. The lowest BCUT2D eigenvalue weighted by atomic mass is 9.89. The van der Waals surface area contributed by atoms with E-state index in [1.807, 2.05) is 0 Å². The highest BCUT2D eigenvalue weighted by atomic mass is 16.6. The van der Waals surface area contributed by atoms with Crippen molar-refractivity contribution in [2.45, 2.75) is 50.7 Å². The molecule has 4 unspecified atom stereocenters. The van der Waals surface area contributed by atoms with Crippen molar-refractivity contribution < 1.29 is 14.3 Å². The lowest BCUT2D eigenvalue weighted by molar-refractivity contribution is -0.150. The number of allylic oxidation sites excluding steroid dienone is 2. The molecule has 2 aliphatic carbocycles. The van der Waals surface area contributed by atoms with Crippen molar-refractivity contribution >= 4 is 5.97 Å². The standard InChI is InChI=1S/C14H20O3/c15-14(11-6-7-12-13(8-11)17-12)16-9-10-4-2-1-3-5-10/h1-2,10-13H,3-9H2. The zero-order valence-corrected chi connectivity index (χ0v) is 10.1. The minimum absolute atomic E-state index is 0.00787. The van der Waals surface area contributed by atoms with Crippen molar-refractivity contribution in [3.63, 3.8) is 0 Å². The number of epoxide rings is 1. The van der Waals surface area contributed by atoms with E-state index in [0.29, 0.717) is 24.7 Å². The van der Waals surface area contributed by atoms with E-state index < -0.39 is 0 Å². The molecule has 0 aromatic heterocycles. The summed E-state index contributed by atoms with van der Waals surface area (Å²) in [7, 11) is 0. The van der Waals surface area contributed by atoms with E-state index in [9.17, 15) is 4.79 Å². The molecule has 0 aromatic carbocycles. The van der Waals surface area contributed by atoms with E-state index in [-0.39, 0.29) is 11.9 Å². The third-order valence-corrected chi connectivity index (χ3v) is 4.18. The van der Waals surface area contributed by atoms with Crippen LogP contribution in [0.4, 0.5) is 0 Å². The molecule has 1 saturated carbocycles. The first-order valence-corrected chi connectivity index (χ1v) is 6.80. The first kappa shape index (κ1) is 11.3. The van der Waals surface area contributed by atoms with Crippen LogP contribution in [0.25, 0.3) is 0 Å². The van der Waals surface area contributed by atoms with Crippen molar-refractivity contribution in [1.29, 1.82) is 0 Å². The number of hydrogen-bond acceptors (Lipinski definition) is 3. The molecule has 3 aliphatic rings. The summed E-state index contributed by atoms with van der Waals surface area (Å²) in [5.74, 6) is 0.642. The average Bonchev–Trinajstić information content (AvgIpc) is 3.15. The van der Waals surface area contributed by atoms with Gasteiger partial charge in [0.2, 0.25) is 0 Å². The largest absolute Gasteiger partial charge is 0.465 e. The Balaban J connectivity index is 1.41. The average molecular weight is 236 g/mol. The van der Waals surface area contributed by atoms with Crippen molar-refractivity contribution in [2.24, 2.45) is 11.8 Å². The zero-order chi connectivity index (χ0) is 11.7. The van der Waals surface area contributed by atoms with E-state index in [1.54, 1.807) is 0 Å². The normalized spacial score (nSPS) is 39.5. The van der Waals surface area contributed by atoms with Crippen LogP contribution in [0.3, 0.4) is 0 Å². The molecule has 17 heavy (non-hydrogen) atoms. The van der Waals surface area contributed by atoms with Crippen LogP contribution in [-0.4, -0.2) is 24.8 Å². The second-order valence-electron chi connectivity index (χ2n) is 5.50. The van der Waals surface area contributed by atoms with Crippen molar-refractivity contribution in [1.82, 2.24) is 0 Å². The molecule has 2 fully saturated rings. The molecule has 94 valence electrons. The van der Waals surface area contributed by atoms with E-state index in [4.69, 9.17) is 9.47 Å². The maximum absolute atomic E-state index is 11.9. The van der Waals surface area contributed by atoms with Gasteiger partial charge >= 0.3 is 5.97 Å². The quantitative estimate of drug-likeness (QED) is 0.429. The molecule has 1 aliphatic heterocycles. The molecule has 3 nitrogen and oxygen atoms in total. The Bertz CT molecular complexity index is 323. The highest BCUT2D eigenvalue weighted by molar-refractivity contribution is 5.72. The Morgan fingerprint density at radius 3 is 2.94 bits per heavy atom. The van der Waals surface area contributed by atoms with Crippen LogP contribution in [0, 0.1) is 11.8 Å². The Morgan fingerprint density at radius 1 is 1.24 bits per heavy atom. The zero-order valence-electron chi connectivity index (χ0n) is 10.1. The number of carbonyl (C=O) groups excluding carboxylic acids is 1. The number of fused-ring (bicyclic) bond motifs is 1. The summed E-state index contributed by atoms with van der Waals surface area (Å²) in [6.45, 7) is 0.606. The third kappa shape index (κ3) is 2.71. The predicted molar refractivity (Wildman–Crippen MR) is 63.4 cm³/mol. The minimum Gasteiger partial charge on any atom is -0.465 e. The first-order valence-electron chi connectivity index (χ1n) is 6.80. The SMILES string of the molecule is O=C(OCC1CC=CCC1)C1CCC2OC2C1. The summed E-state index contributed by atoms with van der Waals surface area (Å²) in [5, 5.41) is 0. The molecule has 0 bridgehead atoms. The van der Waals surface area contributed by atoms with Gasteiger partial charge in [-0.1, -0.05) is 12.2 Å². The number of ether oxygens (including phenoxy) is 2. The van der Waals surface area contributed by atoms with E-state index in [0.717, 1.165) is 38.5 Å². The Labute approximate surface area is 102 Å². The molecule has 0 radical (unpaired) electrons. The minimum atomic E-state index is 0.00787. The van der Waals surface area contributed by atoms with Gasteiger partial charge in [-0.15, -0.1) is 0 Å². The summed E-state index contributed by atoms with van der Waals surface area (Å²) in [6, 6.07) is 0. The summed E-state index contributed by atoms with van der Waals surface area (Å²) >= 11 is 0. The lowest BCUT2D eigenvalue weighted by Crippen LogP contribution is -2.26. The summed E-state index contributed by atoms with van der Waals surface area (Å²) in [5.41, 5.74) is 0. The molecule has 0 N–H and O–H groups in total. The van der Waals surface area contributed by atoms with Gasteiger partial charge in [0, 0.05) is 0 Å². The van der Waals surface area contributed by atoms with Crippen LogP contribution in [0.1, 0.15) is 38.5 Å². The molecule has 0 amide bonds. The van der Waals surface area contributed by atoms with Gasteiger partial charge in [-0.3, -0.25) is 4.79 Å². The van der Waals surface area contributed by atoms with Crippen LogP contribution < -0.4 is 0 Å². The van der Waals surface area contributed by atoms with Crippen LogP contribution in [-0.2, 0) is 14.3 Å². The molecule has 1 heterocycles. The van der Waals surface area contributed by atoms with Gasteiger partial charge in [0.15, 0.2) is 0 Å². The Hall–Kier alpha value is -0.830. The van der Waals surface area contributed by atoms with Crippen LogP contribution in [0.5, 0.6) is 0 Å². The smallest absolute Gasteiger partial charge is 0.309 e. The van der Waals surface area contributed by atoms with Gasteiger partial charge in [-0.2, -0.15) is 0 Å². The van der Waals surface area contributed by atoms with Gasteiger partial charge < -0.3 is 9.47 Å². The van der Waals surface area contributed by atoms with E-state index in [1.165, 1.54) is 0 Å². The first-order chi connectivity index (χ1) is 8.33. The second kappa shape index (κ2) is 4.81. The topological polar surface area (TPSA) is 38.8 Å².